The predicted octanol–water partition coefficient (Wildman–Crippen LogP) is 3.48. The van der Waals surface area contributed by atoms with Crippen molar-refractivity contribution in [2.24, 2.45) is 11.7 Å². The Morgan fingerprint density at radius 1 is 1.20 bits per heavy atom. The van der Waals surface area contributed by atoms with E-state index in [2.05, 4.69) is 25.5 Å². The molecule has 7 rings (SSSR count). The molecule has 3 aliphatic rings. The van der Waals surface area contributed by atoms with Crippen LogP contribution in [-0.4, -0.2) is 58.1 Å². The van der Waals surface area contributed by atoms with E-state index >= 15 is 4.39 Å². The van der Waals surface area contributed by atoms with Gasteiger partial charge in [-0.2, -0.15) is 0 Å². The zero-order valence-electron chi connectivity index (χ0n) is 19.7. The number of benzene rings is 2. The maximum absolute atomic E-state index is 15.2. The fraction of sp³-hybridized carbons (Fsp3) is 0.385. The number of nitrogens with zero attached hydrogens (tertiary/aromatic N) is 2. The van der Waals surface area contributed by atoms with Crippen LogP contribution in [0.2, 0.25) is 0 Å². The Balaban J connectivity index is 1.52. The van der Waals surface area contributed by atoms with E-state index in [4.69, 9.17) is 10.7 Å². The van der Waals surface area contributed by atoms with Gasteiger partial charge >= 0.3 is 0 Å². The zero-order chi connectivity index (χ0) is 24.1. The van der Waals surface area contributed by atoms with Crippen molar-refractivity contribution in [3.8, 4) is 11.4 Å². The van der Waals surface area contributed by atoms with Gasteiger partial charge in [0, 0.05) is 30.6 Å². The molecule has 3 saturated heterocycles. The Hall–Kier alpha value is -3.43. The van der Waals surface area contributed by atoms with Gasteiger partial charge in [-0.25, -0.2) is 9.37 Å². The van der Waals surface area contributed by atoms with E-state index in [1.807, 2.05) is 31.2 Å². The summed E-state index contributed by atoms with van der Waals surface area (Å²) in [5.74, 6) is 0.602. The standard InChI is InChI=1S/C26H30FN7O/c1-14(28)12-29-21-11-20-16(10-17(21)27)24(30-22-13-34-8-6-15(22)7-9-34)23(26(35)33-20)25-31-18-4-2-3-5-19(18)32-25/h2-5,10-11,14-15,22,29H,6-9,12-13,28H2,1H3,(H,31,32)(H2,30,33,35)/t14-,22+/m1/s1. The summed E-state index contributed by atoms with van der Waals surface area (Å²) in [6.45, 7) is 5.41. The first-order chi connectivity index (χ1) is 17.0. The molecule has 3 aliphatic heterocycles. The lowest BCUT2D eigenvalue weighted by Gasteiger charge is -2.45. The summed E-state index contributed by atoms with van der Waals surface area (Å²) in [5.41, 5.74) is 9.09. The van der Waals surface area contributed by atoms with E-state index < -0.39 is 5.82 Å². The number of halogens is 1. The molecule has 8 nitrogen and oxygen atoms in total. The van der Waals surface area contributed by atoms with E-state index in [9.17, 15) is 4.79 Å². The summed E-state index contributed by atoms with van der Waals surface area (Å²) < 4.78 is 15.2. The van der Waals surface area contributed by atoms with Crippen molar-refractivity contribution >= 4 is 33.3 Å². The summed E-state index contributed by atoms with van der Waals surface area (Å²) in [6, 6.07) is 10.9. The number of nitrogens with two attached hydrogens (primary N) is 1. The van der Waals surface area contributed by atoms with Crippen molar-refractivity contribution in [1.29, 1.82) is 0 Å². The van der Waals surface area contributed by atoms with Crippen LogP contribution in [0.5, 0.6) is 0 Å². The third kappa shape index (κ3) is 4.04. The van der Waals surface area contributed by atoms with Gasteiger partial charge in [0.1, 0.15) is 17.2 Å². The largest absolute Gasteiger partial charge is 0.381 e. The lowest BCUT2D eigenvalue weighted by molar-refractivity contribution is 0.0976. The Morgan fingerprint density at radius 3 is 2.71 bits per heavy atom. The average molecular weight is 476 g/mol. The summed E-state index contributed by atoms with van der Waals surface area (Å²) in [7, 11) is 0. The van der Waals surface area contributed by atoms with Crippen LogP contribution in [0.4, 0.5) is 15.8 Å². The van der Waals surface area contributed by atoms with Crippen LogP contribution in [0.15, 0.2) is 41.2 Å². The predicted molar refractivity (Wildman–Crippen MR) is 138 cm³/mol. The molecule has 4 aromatic rings. The minimum absolute atomic E-state index is 0.131. The van der Waals surface area contributed by atoms with E-state index in [0.717, 1.165) is 43.5 Å². The number of pyridine rings is 1. The molecule has 9 heteroatoms. The highest BCUT2D eigenvalue weighted by atomic mass is 19.1. The second-order valence-electron chi connectivity index (χ2n) is 9.93. The molecule has 0 saturated carbocycles. The lowest BCUT2D eigenvalue weighted by Crippen LogP contribution is -2.53. The number of piperidine rings is 3. The second kappa shape index (κ2) is 8.66. The fourth-order valence-corrected chi connectivity index (χ4v) is 5.48. The Bertz CT molecular complexity index is 1420. The summed E-state index contributed by atoms with van der Waals surface area (Å²) in [6.07, 6.45) is 2.25. The highest BCUT2D eigenvalue weighted by Gasteiger charge is 2.35. The number of aromatic nitrogens is 3. The summed E-state index contributed by atoms with van der Waals surface area (Å²) in [5, 5.41) is 7.34. The van der Waals surface area contributed by atoms with Crippen molar-refractivity contribution in [2.45, 2.75) is 31.8 Å². The summed E-state index contributed by atoms with van der Waals surface area (Å²) in [4.78, 5) is 26.9. The molecule has 2 aromatic carbocycles. The van der Waals surface area contributed by atoms with Gasteiger partial charge in [-0.3, -0.25) is 4.79 Å². The van der Waals surface area contributed by atoms with Crippen molar-refractivity contribution < 1.29 is 4.39 Å². The first-order valence-electron chi connectivity index (χ1n) is 12.3. The molecule has 0 radical (unpaired) electrons. The van der Waals surface area contributed by atoms with Crippen LogP contribution in [-0.2, 0) is 0 Å². The van der Waals surface area contributed by atoms with Crippen molar-refractivity contribution in [1.82, 2.24) is 19.9 Å². The molecule has 2 atom stereocenters. The topological polar surface area (TPSA) is 115 Å². The molecular formula is C26H30FN7O. The van der Waals surface area contributed by atoms with Gasteiger partial charge in [-0.15, -0.1) is 0 Å². The number of anilines is 2. The maximum atomic E-state index is 15.2. The first-order valence-corrected chi connectivity index (χ1v) is 12.3. The monoisotopic (exact) mass is 475 g/mol. The minimum Gasteiger partial charge on any atom is -0.381 e. The molecule has 0 unspecified atom stereocenters. The Kier molecular flexibility index (Phi) is 5.46. The number of fused-ring (bicyclic) bond motifs is 5. The molecule has 5 heterocycles. The van der Waals surface area contributed by atoms with Crippen LogP contribution in [0.3, 0.4) is 0 Å². The Labute approximate surface area is 202 Å². The second-order valence-corrected chi connectivity index (χ2v) is 9.93. The van der Waals surface area contributed by atoms with E-state index in [0.29, 0.717) is 46.1 Å². The number of para-hydroxylation sites is 2. The molecule has 182 valence electrons. The highest BCUT2D eigenvalue weighted by molar-refractivity contribution is 6.00. The van der Waals surface area contributed by atoms with Crippen LogP contribution >= 0.6 is 0 Å². The van der Waals surface area contributed by atoms with Crippen LogP contribution < -0.4 is 21.9 Å². The van der Waals surface area contributed by atoms with Crippen LogP contribution in [0.25, 0.3) is 33.3 Å². The number of hydrogen-bond acceptors (Lipinski definition) is 6. The molecule has 35 heavy (non-hydrogen) atoms. The SMILES string of the molecule is C[C@@H](N)CNc1cc2[nH]c(=O)c(-c3nc4ccccc4[nH]3)c(N[C@H]3CN4CCC3CC4)c2cc1F. The number of aromatic amines is 2. The minimum atomic E-state index is -0.391. The molecule has 6 N–H and O–H groups in total. The maximum Gasteiger partial charge on any atom is 0.261 e. The van der Waals surface area contributed by atoms with Gasteiger partial charge in [0.2, 0.25) is 0 Å². The molecule has 0 amide bonds. The van der Waals surface area contributed by atoms with Gasteiger partial charge in [0.25, 0.3) is 5.56 Å². The smallest absolute Gasteiger partial charge is 0.261 e. The molecule has 0 spiro atoms. The number of nitrogens with one attached hydrogen (secondary N) is 4. The van der Waals surface area contributed by atoms with E-state index in [1.54, 1.807) is 6.07 Å². The number of rotatable bonds is 6. The zero-order valence-corrected chi connectivity index (χ0v) is 19.7. The van der Waals surface area contributed by atoms with Crippen LogP contribution in [0, 0.1) is 11.7 Å². The number of H-pyrrole nitrogens is 2. The highest BCUT2D eigenvalue weighted by Crippen LogP contribution is 2.37. The van der Waals surface area contributed by atoms with Gasteiger partial charge < -0.3 is 31.2 Å². The number of hydrogen-bond donors (Lipinski definition) is 5. The van der Waals surface area contributed by atoms with Gasteiger partial charge in [-0.05, 0) is 63.0 Å². The van der Waals surface area contributed by atoms with Gasteiger partial charge in [0.05, 0.1) is 27.9 Å². The number of imidazole rings is 1. The van der Waals surface area contributed by atoms with E-state index in [-0.39, 0.29) is 17.6 Å². The average Bonchev–Trinajstić information content (AvgIpc) is 3.27. The first kappa shape index (κ1) is 22.1. The fourth-order valence-electron chi connectivity index (χ4n) is 5.48. The van der Waals surface area contributed by atoms with Crippen molar-refractivity contribution in [2.75, 3.05) is 36.8 Å². The Morgan fingerprint density at radius 2 is 2.00 bits per heavy atom. The van der Waals surface area contributed by atoms with Crippen molar-refractivity contribution in [3.63, 3.8) is 0 Å². The van der Waals surface area contributed by atoms with Crippen LogP contribution in [0.1, 0.15) is 19.8 Å². The summed E-state index contributed by atoms with van der Waals surface area (Å²) >= 11 is 0. The molecule has 0 aliphatic carbocycles. The van der Waals surface area contributed by atoms with Gasteiger partial charge in [0.15, 0.2) is 0 Å². The lowest BCUT2D eigenvalue weighted by atomic mass is 9.83. The van der Waals surface area contributed by atoms with E-state index in [1.165, 1.54) is 6.07 Å². The third-order valence-corrected chi connectivity index (χ3v) is 7.33. The molecule has 3 fully saturated rings. The molecular weight excluding hydrogens is 445 g/mol. The van der Waals surface area contributed by atoms with Crippen molar-refractivity contribution in [3.05, 3.63) is 52.6 Å². The van der Waals surface area contributed by atoms with Gasteiger partial charge in [-0.1, -0.05) is 12.1 Å². The molecule has 2 aromatic heterocycles. The third-order valence-electron chi connectivity index (χ3n) is 7.33. The quantitative estimate of drug-likeness (QED) is 0.292. The normalized spacial score (nSPS) is 22.5. The molecule has 2 bridgehead atoms.